The molecule has 1 aliphatic heterocycles. The number of benzene rings is 1. The van der Waals surface area contributed by atoms with E-state index in [1.807, 2.05) is 5.38 Å². The van der Waals surface area contributed by atoms with Crippen LogP contribution < -0.4 is 4.90 Å². The van der Waals surface area contributed by atoms with E-state index in [4.69, 9.17) is 0 Å². The van der Waals surface area contributed by atoms with E-state index in [1.54, 1.807) is 12.1 Å². The highest BCUT2D eigenvalue weighted by molar-refractivity contribution is 7.09. The number of Topliss-reactive ketones (excluding diaryl/α,β-unsaturated/α-hetero) is 1. The van der Waals surface area contributed by atoms with E-state index < -0.39 is 23.3 Å². The summed E-state index contributed by atoms with van der Waals surface area (Å²) in [6.07, 6.45) is 0. The average Bonchev–Trinajstić information content (AvgIpc) is 2.93. The first-order chi connectivity index (χ1) is 9.08. The Kier molecular flexibility index (Phi) is 2.67. The molecule has 6 heteroatoms. The largest absolute Gasteiger partial charge is 0.299 e. The fraction of sp³-hybridized carbons (Fsp3) is 0.0769. The van der Waals surface area contributed by atoms with Crippen molar-refractivity contribution in [3.63, 3.8) is 0 Å². The van der Waals surface area contributed by atoms with Gasteiger partial charge in [-0.3, -0.25) is 14.5 Å². The van der Waals surface area contributed by atoms with E-state index >= 15 is 0 Å². The number of hydrogen-bond donors (Lipinski definition) is 0. The SMILES string of the molecule is O=C1C(=O)N(Cc2cccs2)c2cc(F)cc(F)c21. The first-order valence-corrected chi connectivity index (χ1v) is 6.33. The van der Waals surface area contributed by atoms with Crippen LogP contribution in [0.2, 0.25) is 0 Å². The highest BCUT2D eigenvalue weighted by atomic mass is 32.1. The third-order valence-corrected chi connectivity index (χ3v) is 3.75. The molecule has 1 aromatic heterocycles. The van der Waals surface area contributed by atoms with Gasteiger partial charge < -0.3 is 0 Å². The Morgan fingerprint density at radius 3 is 2.68 bits per heavy atom. The van der Waals surface area contributed by atoms with E-state index in [0.29, 0.717) is 6.07 Å². The van der Waals surface area contributed by atoms with Gasteiger partial charge in [0.2, 0.25) is 0 Å². The molecule has 0 saturated heterocycles. The van der Waals surface area contributed by atoms with Gasteiger partial charge in [-0.15, -0.1) is 11.3 Å². The molecule has 0 unspecified atom stereocenters. The number of rotatable bonds is 2. The monoisotopic (exact) mass is 279 g/mol. The van der Waals surface area contributed by atoms with Crippen molar-refractivity contribution in [3.05, 3.63) is 51.7 Å². The van der Waals surface area contributed by atoms with Crippen molar-refractivity contribution >= 4 is 28.7 Å². The Morgan fingerprint density at radius 2 is 2.00 bits per heavy atom. The fourth-order valence-electron chi connectivity index (χ4n) is 2.05. The van der Waals surface area contributed by atoms with Gasteiger partial charge >= 0.3 is 0 Å². The van der Waals surface area contributed by atoms with Crippen molar-refractivity contribution in [2.24, 2.45) is 0 Å². The summed E-state index contributed by atoms with van der Waals surface area (Å²) in [5.74, 6) is -3.56. The lowest BCUT2D eigenvalue weighted by Gasteiger charge is -2.15. The Morgan fingerprint density at radius 1 is 1.21 bits per heavy atom. The molecule has 0 spiro atoms. The molecule has 3 nitrogen and oxygen atoms in total. The molecule has 0 radical (unpaired) electrons. The van der Waals surface area contributed by atoms with Gasteiger partial charge in [0.05, 0.1) is 17.8 Å². The number of hydrogen-bond acceptors (Lipinski definition) is 3. The Balaban J connectivity index is 2.09. The standard InChI is InChI=1S/C13H7F2NO2S/c14-7-4-9(15)11-10(5-7)16(13(18)12(11)17)6-8-2-1-3-19-8/h1-5H,6H2. The quantitative estimate of drug-likeness (QED) is 0.793. The number of amides is 1. The smallest absolute Gasteiger partial charge is 0.299 e. The minimum absolute atomic E-state index is 0.000833. The Labute approximate surface area is 111 Å². The van der Waals surface area contributed by atoms with E-state index in [-0.39, 0.29) is 17.8 Å². The summed E-state index contributed by atoms with van der Waals surface area (Å²) in [7, 11) is 0. The molecule has 19 heavy (non-hydrogen) atoms. The maximum absolute atomic E-state index is 13.6. The number of ketones is 1. The van der Waals surface area contributed by atoms with Crippen LogP contribution in [0.5, 0.6) is 0 Å². The molecule has 96 valence electrons. The number of fused-ring (bicyclic) bond motifs is 1. The summed E-state index contributed by atoms with van der Waals surface area (Å²) in [6, 6.07) is 5.21. The van der Waals surface area contributed by atoms with E-state index in [0.717, 1.165) is 15.8 Å². The van der Waals surface area contributed by atoms with Gasteiger partial charge in [0.25, 0.3) is 11.7 Å². The number of anilines is 1. The molecule has 1 aromatic carbocycles. The topological polar surface area (TPSA) is 37.4 Å². The van der Waals surface area contributed by atoms with Crippen LogP contribution in [0.4, 0.5) is 14.5 Å². The predicted octanol–water partition coefficient (Wildman–Crippen LogP) is 2.76. The fourth-order valence-corrected chi connectivity index (χ4v) is 2.74. The van der Waals surface area contributed by atoms with Gasteiger partial charge in [0.1, 0.15) is 11.6 Å². The lowest BCUT2D eigenvalue weighted by molar-refractivity contribution is -0.114. The van der Waals surface area contributed by atoms with Gasteiger partial charge in [0, 0.05) is 10.9 Å². The molecule has 2 aromatic rings. The minimum Gasteiger partial charge on any atom is -0.299 e. The number of nitrogens with zero attached hydrogens (tertiary/aromatic N) is 1. The third kappa shape index (κ3) is 1.84. The van der Waals surface area contributed by atoms with Gasteiger partial charge in [-0.2, -0.15) is 0 Å². The maximum Gasteiger partial charge on any atom is 0.299 e. The van der Waals surface area contributed by atoms with Crippen molar-refractivity contribution < 1.29 is 18.4 Å². The van der Waals surface area contributed by atoms with Crippen LogP contribution in [-0.2, 0) is 11.3 Å². The van der Waals surface area contributed by atoms with Crippen LogP contribution in [0.25, 0.3) is 0 Å². The van der Waals surface area contributed by atoms with Crippen molar-refractivity contribution in [1.82, 2.24) is 0 Å². The molecule has 0 atom stereocenters. The van der Waals surface area contributed by atoms with E-state index in [1.165, 1.54) is 11.3 Å². The number of carbonyl (C=O) groups is 2. The van der Waals surface area contributed by atoms with Crippen molar-refractivity contribution in [2.45, 2.75) is 6.54 Å². The summed E-state index contributed by atoms with van der Waals surface area (Å²) >= 11 is 1.40. The minimum atomic E-state index is -0.998. The summed E-state index contributed by atoms with van der Waals surface area (Å²) in [5.41, 5.74) is -0.344. The summed E-state index contributed by atoms with van der Waals surface area (Å²) in [6.45, 7) is 0.137. The molecular formula is C13H7F2NO2S. The summed E-state index contributed by atoms with van der Waals surface area (Å²) in [5, 5.41) is 1.82. The molecule has 0 aliphatic carbocycles. The van der Waals surface area contributed by atoms with Gasteiger partial charge in [-0.25, -0.2) is 8.78 Å². The number of carbonyl (C=O) groups excluding carboxylic acids is 2. The van der Waals surface area contributed by atoms with Crippen LogP contribution in [0.1, 0.15) is 15.2 Å². The number of thiophene rings is 1. The van der Waals surface area contributed by atoms with Gasteiger partial charge in [0.15, 0.2) is 0 Å². The zero-order valence-corrected chi connectivity index (χ0v) is 10.3. The lowest BCUT2D eigenvalue weighted by atomic mass is 10.1. The number of halogens is 2. The van der Waals surface area contributed by atoms with Crippen molar-refractivity contribution in [3.8, 4) is 0 Å². The third-order valence-electron chi connectivity index (χ3n) is 2.89. The molecule has 0 saturated carbocycles. The second-order valence-electron chi connectivity index (χ2n) is 4.08. The molecule has 2 heterocycles. The van der Waals surface area contributed by atoms with Crippen LogP contribution >= 0.6 is 11.3 Å². The van der Waals surface area contributed by atoms with Gasteiger partial charge in [-0.05, 0) is 17.5 Å². The highest BCUT2D eigenvalue weighted by Crippen LogP contribution is 2.33. The highest BCUT2D eigenvalue weighted by Gasteiger charge is 2.38. The van der Waals surface area contributed by atoms with Crippen molar-refractivity contribution in [1.29, 1.82) is 0 Å². The predicted molar refractivity (Wildman–Crippen MR) is 66.2 cm³/mol. The Bertz CT molecular complexity index is 682. The van der Waals surface area contributed by atoms with Crippen LogP contribution in [0, 0.1) is 11.6 Å². The summed E-state index contributed by atoms with van der Waals surface area (Å²) < 4.78 is 26.8. The summed E-state index contributed by atoms with van der Waals surface area (Å²) in [4.78, 5) is 25.5. The Hall–Kier alpha value is -2.08. The van der Waals surface area contributed by atoms with Crippen molar-refractivity contribution in [2.75, 3.05) is 4.90 Å². The van der Waals surface area contributed by atoms with E-state index in [9.17, 15) is 18.4 Å². The van der Waals surface area contributed by atoms with Crippen LogP contribution in [0.3, 0.4) is 0 Å². The normalized spacial score (nSPS) is 14.1. The first kappa shape index (κ1) is 12.0. The molecular weight excluding hydrogens is 272 g/mol. The molecule has 0 fully saturated rings. The molecule has 3 rings (SSSR count). The second kappa shape index (κ2) is 4.24. The van der Waals surface area contributed by atoms with Gasteiger partial charge in [-0.1, -0.05) is 6.07 Å². The molecule has 1 amide bonds. The zero-order chi connectivity index (χ0) is 13.6. The molecule has 0 bridgehead atoms. The average molecular weight is 279 g/mol. The molecule has 1 aliphatic rings. The maximum atomic E-state index is 13.6. The van der Waals surface area contributed by atoms with Crippen LogP contribution in [0.15, 0.2) is 29.6 Å². The second-order valence-corrected chi connectivity index (χ2v) is 5.11. The first-order valence-electron chi connectivity index (χ1n) is 5.45. The zero-order valence-electron chi connectivity index (χ0n) is 9.52. The molecule has 0 N–H and O–H groups in total. The van der Waals surface area contributed by atoms with E-state index in [2.05, 4.69) is 0 Å². The lowest BCUT2D eigenvalue weighted by Crippen LogP contribution is -2.28. The van der Waals surface area contributed by atoms with Crippen LogP contribution in [-0.4, -0.2) is 11.7 Å².